The fraction of sp³-hybridized carbons (Fsp3) is 0.250. The van der Waals surface area contributed by atoms with Crippen molar-refractivity contribution in [3.63, 3.8) is 0 Å². The van der Waals surface area contributed by atoms with Gasteiger partial charge in [0.05, 0.1) is 4.90 Å². The molecule has 0 aliphatic carbocycles. The van der Waals surface area contributed by atoms with E-state index in [0.717, 1.165) is 5.56 Å². The Morgan fingerprint density at radius 2 is 2.05 bits per heavy atom. The Hall–Kier alpha value is -1.28. The van der Waals surface area contributed by atoms with Crippen LogP contribution in [0.2, 0.25) is 0 Å². The van der Waals surface area contributed by atoms with E-state index in [1.807, 2.05) is 0 Å². The summed E-state index contributed by atoms with van der Waals surface area (Å²) < 4.78 is 27.2. The van der Waals surface area contributed by atoms with E-state index in [1.165, 1.54) is 11.3 Å². The van der Waals surface area contributed by atoms with Crippen molar-refractivity contribution in [3.05, 3.63) is 46.4 Å². The molecule has 3 N–H and O–H groups in total. The first-order valence-corrected chi connectivity index (χ1v) is 8.09. The Labute approximate surface area is 116 Å². The zero-order chi connectivity index (χ0) is 13.9. The second-order valence-corrected chi connectivity index (χ2v) is 6.72. The van der Waals surface area contributed by atoms with Gasteiger partial charge in [-0.05, 0) is 36.1 Å². The lowest BCUT2D eigenvalue weighted by Crippen LogP contribution is -2.27. The van der Waals surface area contributed by atoms with Crippen molar-refractivity contribution in [2.24, 2.45) is 5.73 Å². The predicted molar refractivity (Wildman–Crippen MR) is 75.2 cm³/mol. The van der Waals surface area contributed by atoms with Crippen LogP contribution in [0.4, 0.5) is 0 Å². The third-order valence-corrected chi connectivity index (χ3v) is 5.42. The summed E-state index contributed by atoms with van der Waals surface area (Å²) in [6, 6.07) is 4.82. The molecule has 2 rings (SSSR count). The van der Waals surface area contributed by atoms with E-state index in [-0.39, 0.29) is 17.5 Å². The monoisotopic (exact) mass is 297 g/mol. The molecule has 19 heavy (non-hydrogen) atoms. The van der Waals surface area contributed by atoms with E-state index in [9.17, 15) is 8.42 Å². The number of nitrogens with two attached hydrogens (primary N) is 1. The maximum absolute atomic E-state index is 12.3. The molecule has 0 aliphatic rings. The Kier molecular flexibility index (Phi) is 4.31. The molecule has 7 heteroatoms. The molecule has 0 saturated heterocycles. The first-order chi connectivity index (χ1) is 9.04. The number of aromatic nitrogens is 1. The molecule has 0 radical (unpaired) electrons. The van der Waals surface area contributed by atoms with Crippen LogP contribution in [0.5, 0.6) is 0 Å². The zero-order valence-electron chi connectivity index (χ0n) is 10.4. The van der Waals surface area contributed by atoms with Crippen LogP contribution in [-0.4, -0.2) is 13.4 Å². The van der Waals surface area contributed by atoms with Crippen LogP contribution in [-0.2, 0) is 16.6 Å². The quantitative estimate of drug-likeness (QED) is 0.878. The molecular formula is C12H15N3O2S2. The number of thiophene rings is 1. The largest absolute Gasteiger partial charge is 0.326 e. The van der Waals surface area contributed by atoms with Gasteiger partial charge >= 0.3 is 0 Å². The summed E-state index contributed by atoms with van der Waals surface area (Å²) in [5.41, 5.74) is 6.41. The maximum atomic E-state index is 12.3. The van der Waals surface area contributed by atoms with Gasteiger partial charge in [0.1, 0.15) is 0 Å². The molecule has 0 spiro atoms. The lowest BCUT2D eigenvalue weighted by atomic mass is 10.1. The van der Waals surface area contributed by atoms with Crippen LogP contribution in [0.1, 0.15) is 23.4 Å². The lowest BCUT2D eigenvalue weighted by molar-refractivity contribution is 0.566. The molecule has 0 amide bonds. The van der Waals surface area contributed by atoms with E-state index >= 15 is 0 Å². The fourth-order valence-electron chi connectivity index (χ4n) is 1.73. The number of sulfonamides is 1. The summed E-state index contributed by atoms with van der Waals surface area (Å²) in [4.78, 5) is 4.84. The number of nitrogens with zero attached hydrogens (tertiary/aromatic N) is 1. The van der Waals surface area contributed by atoms with E-state index in [2.05, 4.69) is 9.71 Å². The third kappa shape index (κ3) is 3.19. The number of nitrogens with one attached hydrogen (secondary N) is 1. The van der Waals surface area contributed by atoms with E-state index < -0.39 is 10.0 Å². The number of hydrogen-bond acceptors (Lipinski definition) is 5. The van der Waals surface area contributed by atoms with Crippen LogP contribution in [0, 0.1) is 0 Å². The summed E-state index contributed by atoms with van der Waals surface area (Å²) in [6.07, 6.45) is 3.27. The highest BCUT2D eigenvalue weighted by Gasteiger charge is 2.21. The van der Waals surface area contributed by atoms with E-state index in [4.69, 9.17) is 5.73 Å². The van der Waals surface area contributed by atoms with Crippen molar-refractivity contribution < 1.29 is 8.42 Å². The standard InChI is InChI=1S/C12H15N3O2S2/c1-9(10-2-5-14-6-3-10)15-19(16,17)12-4-7-18-11(12)8-13/h2-7,9,15H,8,13H2,1H3. The second kappa shape index (κ2) is 5.79. The van der Waals surface area contributed by atoms with Gasteiger partial charge in [-0.25, -0.2) is 13.1 Å². The van der Waals surface area contributed by atoms with Gasteiger partial charge in [0, 0.05) is 29.9 Å². The normalized spacial score (nSPS) is 13.4. The van der Waals surface area contributed by atoms with Crippen molar-refractivity contribution >= 4 is 21.4 Å². The SMILES string of the molecule is CC(NS(=O)(=O)c1ccsc1CN)c1ccncc1. The van der Waals surface area contributed by atoms with Crippen molar-refractivity contribution in [1.29, 1.82) is 0 Å². The summed E-state index contributed by atoms with van der Waals surface area (Å²) in [6.45, 7) is 2.01. The van der Waals surface area contributed by atoms with Crippen LogP contribution in [0.3, 0.4) is 0 Å². The Morgan fingerprint density at radius 3 is 2.68 bits per heavy atom. The minimum atomic E-state index is -3.55. The molecular weight excluding hydrogens is 282 g/mol. The summed E-state index contributed by atoms with van der Waals surface area (Å²) in [7, 11) is -3.55. The van der Waals surface area contributed by atoms with Crippen LogP contribution in [0.15, 0.2) is 40.9 Å². The smallest absolute Gasteiger partial charge is 0.242 e. The highest BCUT2D eigenvalue weighted by molar-refractivity contribution is 7.89. The van der Waals surface area contributed by atoms with Crippen molar-refractivity contribution in [1.82, 2.24) is 9.71 Å². The summed E-state index contributed by atoms with van der Waals surface area (Å²) >= 11 is 1.35. The summed E-state index contributed by atoms with van der Waals surface area (Å²) in [5, 5.41) is 1.73. The minimum absolute atomic E-state index is 0.220. The maximum Gasteiger partial charge on any atom is 0.242 e. The van der Waals surface area contributed by atoms with E-state index in [1.54, 1.807) is 42.9 Å². The van der Waals surface area contributed by atoms with Gasteiger partial charge in [-0.3, -0.25) is 4.98 Å². The van der Waals surface area contributed by atoms with Crippen molar-refractivity contribution in [2.45, 2.75) is 24.4 Å². The molecule has 2 aromatic rings. The topological polar surface area (TPSA) is 85.1 Å². The molecule has 5 nitrogen and oxygen atoms in total. The number of rotatable bonds is 5. The lowest BCUT2D eigenvalue weighted by Gasteiger charge is -2.14. The molecule has 102 valence electrons. The molecule has 1 atom stereocenters. The van der Waals surface area contributed by atoms with Crippen molar-refractivity contribution in [2.75, 3.05) is 0 Å². The van der Waals surface area contributed by atoms with Crippen molar-refractivity contribution in [3.8, 4) is 0 Å². The molecule has 0 aromatic carbocycles. The first kappa shape index (κ1) is 14.1. The van der Waals surface area contributed by atoms with Gasteiger partial charge in [0.2, 0.25) is 10.0 Å². The second-order valence-electron chi connectivity index (χ2n) is 4.04. The van der Waals surface area contributed by atoms with Crippen LogP contribution < -0.4 is 10.5 Å². The Balaban J connectivity index is 2.23. The number of pyridine rings is 1. The fourth-order valence-corrected chi connectivity index (χ4v) is 4.30. The van der Waals surface area contributed by atoms with Crippen LogP contribution >= 0.6 is 11.3 Å². The first-order valence-electron chi connectivity index (χ1n) is 5.73. The highest BCUT2D eigenvalue weighted by Crippen LogP contribution is 2.23. The average Bonchev–Trinajstić information content (AvgIpc) is 2.88. The highest BCUT2D eigenvalue weighted by atomic mass is 32.2. The van der Waals surface area contributed by atoms with Gasteiger partial charge in [0.15, 0.2) is 0 Å². The molecule has 0 aliphatic heterocycles. The molecule has 0 saturated carbocycles. The minimum Gasteiger partial charge on any atom is -0.326 e. The van der Waals surface area contributed by atoms with Gasteiger partial charge < -0.3 is 5.73 Å². The van der Waals surface area contributed by atoms with Gasteiger partial charge in [-0.15, -0.1) is 11.3 Å². The molecule has 0 fully saturated rings. The van der Waals surface area contributed by atoms with Crippen LogP contribution in [0.25, 0.3) is 0 Å². The number of hydrogen-bond donors (Lipinski definition) is 2. The third-order valence-electron chi connectivity index (χ3n) is 2.72. The van der Waals surface area contributed by atoms with E-state index in [0.29, 0.717) is 4.88 Å². The molecule has 2 heterocycles. The molecule has 1 unspecified atom stereocenters. The summed E-state index contributed by atoms with van der Waals surface area (Å²) in [5.74, 6) is 0. The zero-order valence-corrected chi connectivity index (χ0v) is 12.0. The van der Waals surface area contributed by atoms with Gasteiger partial charge in [0.25, 0.3) is 0 Å². The predicted octanol–water partition coefficient (Wildman–Crippen LogP) is 1.64. The Morgan fingerprint density at radius 1 is 1.37 bits per heavy atom. The molecule has 0 bridgehead atoms. The Bertz CT molecular complexity index is 638. The van der Waals surface area contributed by atoms with Gasteiger partial charge in [-0.2, -0.15) is 0 Å². The average molecular weight is 297 g/mol. The van der Waals surface area contributed by atoms with Gasteiger partial charge in [-0.1, -0.05) is 0 Å². The molecule has 2 aromatic heterocycles.